The number of nitrogens with one attached hydrogen (secondary N) is 1. The van der Waals surface area contributed by atoms with Crippen LogP contribution in [0.3, 0.4) is 0 Å². The van der Waals surface area contributed by atoms with Gasteiger partial charge in [-0.1, -0.05) is 17.2 Å². The number of carbonyl (C=O) groups excluding carboxylic acids is 1. The topological polar surface area (TPSA) is 58.1 Å². The fourth-order valence-corrected chi connectivity index (χ4v) is 3.01. The van der Waals surface area contributed by atoms with Crippen LogP contribution in [0.2, 0.25) is 0 Å². The summed E-state index contributed by atoms with van der Waals surface area (Å²) in [5.74, 6) is 1.29. The number of rotatable bonds is 3. The molecule has 0 atom stereocenters. The number of piperidine rings is 1. The predicted molar refractivity (Wildman–Crippen MR) is 92.0 cm³/mol. The van der Waals surface area contributed by atoms with Gasteiger partial charge in [-0.15, -0.1) is 0 Å². The van der Waals surface area contributed by atoms with Crippen LogP contribution in [0.15, 0.2) is 30.6 Å². The van der Waals surface area contributed by atoms with Crippen LogP contribution in [0.1, 0.15) is 40.7 Å². The first-order valence-corrected chi connectivity index (χ1v) is 8.08. The Hall–Kier alpha value is -2.43. The molecule has 3 rings (SSSR count). The van der Waals surface area contributed by atoms with Crippen LogP contribution in [0, 0.1) is 13.8 Å². The molecule has 0 bridgehead atoms. The fourth-order valence-electron chi connectivity index (χ4n) is 3.01. The summed E-state index contributed by atoms with van der Waals surface area (Å²) in [7, 11) is 0. The van der Waals surface area contributed by atoms with Gasteiger partial charge in [-0.2, -0.15) is 0 Å². The van der Waals surface area contributed by atoms with Crippen molar-refractivity contribution in [2.45, 2.75) is 33.1 Å². The monoisotopic (exact) mass is 310 g/mol. The molecule has 1 amide bonds. The molecule has 2 heterocycles. The number of carbonyl (C=O) groups is 1. The minimum absolute atomic E-state index is 0.139. The van der Waals surface area contributed by atoms with Crippen molar-refractivity contribution in [3.05, 3.63) is 47.3 Å². The summed E-state index contributed by atoms with van der Waals surface area (Å²) in [6.45, 7) is 6.01. The third kappa shape index (κ3) is 3.86. The SMILES string of the molecule is Cc1cc(C)cc(C(=O)Nc2cc(N3CCCCC3)ncn2)c1. The second-order valence-electron chi connectivity index (χ2n) is 6.14. The van der Waals surface area contributed by atoms with Crippen molar-refractivity contribution in [1.82, 2.24) is 9.97 Å². The molecule has 1 fully saturated rings. The number of hydrogen-bond donors (Lipinski definition) is 1. The fraction of sp³-hybridized carbons (Fsp3) is 0.389. The lowest BCUT2D eigenvalue weighted by Crippen LogP contribution is -2.30. The van der Waals surface area contributed by atoms with E-state index in [1.165, 1.54) is 25.6 Å². The summed E-state index contributed by atoms with van der Waals surface area (Å²) in [6, 6.07) is 7.67. The molecule has 0 spiro atoms. The number of benzene rings is 1. The average molecular weight is 310 g/mol. The summed E-state index contributed by atoms with van der Waals surface area (Å²) in [5, 5.41) is 2.88. The summed E-state index contributed by atoms with van der Waals surface area (Å²) in [5.41, 5.74) is 2.80. The zero-order chi connectivity index (χ0) is 16.2. The molecule has 0 unspecified atom stereocenters. The van der Waals surface area contributed by atoms with E-state index in [0.29, 0.717) is 11.4 Å². The second-order valence-corrected chi connectivity index (χ2v) is 6.14. The third-order valence-electron chi connectivity index (χ3n) is 4.06. The molecule has 1 saturated heterocycles. The molecule has 5 heteroatoms. The first-order chi connectivity index (χ1) is 11.1. The number of aryl methyl sites for hydroxylation is 2. The Kier molecular flexibility index (Phi) is 4.55. The Bertz CT molecular complexity index is 688. The number of aromatic nitrogens is 2. The van der Waals surface area contributed by atoms with Crippen molar-refractivity contribution in [3.8, 4) is 0 Å². The van der Waals surface area contributed by atoms with E-state index < -0.39 is 0 Å². The summed E-state index contributed by atoms with van der Waals surface area (Å²) >= 11 is 0. The lowest BCUT2D eigenvalue weighted by Gasteiger charge is -2.27. The lowest BCUT2D eigenvalue weighted by atomic mass is 10.1. The molecule has 1 aliphatic rings. The summed E-state index contributed by atoms with van der Waals surface area (Å²) in [6.07, 6.45) is 5.17. The van der Waals surface area contributed by atoms with Crippen molar-refractivity contribution >= 4 is 17.5 Å². The van der Waals surface area contributed by atoms with Crippen molar-refractivity contribution in [2.75, 3.05) is 23.3 Å². The standard InChI is InChI=1S/C18H22N4O/c1-13-8-14(2)10-15(9-13)18(23)21-16-11-17(20-12-19-16)22-6-4-3-5-7-22/h8-12H,3-7H2,1-2H3,(H,19,20,21,23). The maximum Gasteiger partial charge on any atom is 0.256 e. The molecule has 2 aromatic rings. The number of hydrogen-bond acceptors (Lipinski definition) is 4. The number of nitrogens with zero attached hydrogens (tertiary/aromatic N) is 3. The molecule has 1 aromatic carbocycles. The van der Waals surface area contributed by atoms with Crippen LogP contribution < -0.4 is 10.2 Å². The molecule has 0 radical (unpaired) electrons. The summed E-state index contributed by atoms with van der Waals surface area (Å²) < 4.78 is 0. The molecule has 0 aliphatic carbocycles. The third-order valence-corrected chi connectivity index (χ3v) is 4.06. The number of anilines is 2. The second kappa shape index (κ2) is 6.77. The van der Waals surface area contributed by atoms with E-state index in [2.05, 4.69) is 26.3 Å². The Labute approximate surface area is 136 Å². The normalized spacial score (nSPS) is 14.6. The molecule has 120 valence electrons. The van der Waals surface area contributed by atoms with Crippen LogP contribution in [0.25, 0.3) is 0 Å². The largest absolute Gasteiger partial charge is 0.356 e. The Morgan fingerprint density at radius 3 is 2.39 bits per heavy atom. The highest BCUT2D eigenvalue weighted by Gasteiger charge is 2.14. The van der Waals surface area contributed by atoms with Gasteiger partial charge in [-0.25, -0.2) is 9.97 Å². The highest BCUT2D eigenvalue weighted by Crippen LogP contribution is 2.19. The Morgan fingerprint density at radius 1 is 1.00 bits per heavy atom. The predicted octanol–water partition coefficient (Wildman–Crippen LogP) is 3.34. The van der Waals surface area contributed by atoms with Crippen LogP contribution in [0.4, 0.5) is 11.6 Å². The zero-order valence-electron chi connectivity index (χ0n) is 13.7. The smallest absolute Gasteiger partial charge is 0.256 e. The maximum atomic E-state index is 12.4. The van der Waals surface area contributed by atoms with Gasteiger partial charge in [-0.05, 0) is 45.2 Å². The van der Waals surface area contributed by atoms with E-state index in [-0.39, 0.29) is 5.91 Å². The van der Waals surface area contributed by atoms with E-state index in [4.69, 9.17) is 0 Å². The van der Waals surface area contributed by atoms with Crippen molar-refractivity contribution in [3.63, 3.8) is 0 Å². The van der Waals surface area contributed by atoms with Crippen molar-refractivity contribution < 1.29 is 4.79 Å². The van der Waals surface area contributed by atoms with Crippen LogP contribution in [-0.4, -0.2) is 29.0 Å². The van der Waals surface area contributed by atoms with E-state index >= 15 is 0 Å². The molecular weight excluding hydrogens is 288 g/mol. The van der Waals surface area contributed by atoms with Crippen molar-refractivity contribution in [2.24, 2.45) is 0 Å². The van der Waals surface area contributed by atoms with Gasteiger partial charge >= 0.3 is 0 Å². The van der Waals surface area contributed by atoms with Gasteiger partial charge in [0.2, 0.25) is 0 Å². The summed E-state index contributed by atoms with van der Waals surface area (Å²) in [4.78, 5) is 23.2. The van der Waals surface area contributed by atoms with Crippen molar-refractivity contribution in [1.29, 1.82) is 0 Å². The van der Waals surface area contributed by atoms with Gasteiger partial charge in [-0.3, -0.25) is 4.79 Å². The Balaban J connectivity index is 1.75. The van der Waals surface area contributed by atoms with Gasteiger partial charge in [0.25, 0.3) is 5.91 Å². The minimum atomic E-state index is -0.139. The van der Waals surface area contributed by atoms with Gasteiger partial charge in [0.05, 0.1) is 0 Å². The van der Waals surface area contributed by atoms with Gasteiger partial charge in [0.15, 0.2) is 0 Å². The average Bonchev–Trinajstić information content (AvgIpc) is 2.55. The zero-order valence-corrected chi connectivity index (χ0v) is 13.7. The highest BCUT2D eigenvalue weighted by atomic mass is 16.1. The molecule has 1 aromatic heterocycles. The Morgan fingerprint density at radius 2 is 1.70 bits per heavy atom. The highest BCUT2D eigenvalue weighted by molar-refractivity contribution is 6.04. The molecular formula is C18H22N4O. The molecule has 1 N–H and O–H groups in total. The van der Waals surface area contributed by atoms with Crippen LogP contribution >= 0.6 is 0 Å². The van der Waals surface area contributed by atoms with E-state index in [1.54, 1.807) is 0 Å². The first-order valence-electron chi connectivity index (χ1n) is 8.08. The number of amides is 1. The first kappa shape index (κ1) is 15.5. The van der Waals surface area contributed by atoms with E-state index in [9.17, 15) is 4.79 Å². The molecule has 23 heavy (non-hydrogen) atoms. The van der Waals surface area contributed by atoms with Gasteiger partial charge < -0.3 is 10.2 Å². The van der Waals surface area contributed by atoms with Crippen LogP contribution in [0.5, 0.6) is 0 Å². The van der Waals surface area contributed by atoms with Crippen LogP contribution in [-0.2, 0) is 0 Å². The quantitative estimate of drug-likeness (QED) is 0.944. The maximum absolute atomic E-state index is 12.4. The molecule has 1 aliphatic heterocycles. The molecule has 0 saturated carbocycles. The lowest BCUT2D eigenvalue weighted by molar-refractivity contribution is 0.102. The molecule has 5 nitrogen and oxygen atoms in total. The van der Waals surface area contributed by atoms with Gasteiger partial charge in [0.1, 0.15) is 18.0 Å². The van der Waals surface area contributed by atoms with E-state index in [1.807, 2.05) is 32.0 Å². The van der Waals surface area contributed by atoms with Gasteiger partial charge in [0, 0.05) is 24.7 Å². The minimum Gasteiger partial charge on any atom is -0.356 e. The van der Waals surface area contributed by atoms with E-state index in [0.717, 1.165) is 30.0 Å².